The molecule has 2 nitrogen and oxygen atoms in total. The summed E-state index contributed by atoms with van der Waals surface area (Å²) in [4.78, 5) is 4.72. The largest absolute Gasteiger partial charge is 0.341 e. The van der Waals surface area contributed by atoms with Gasteiger partial charge in [-0.2, -0.15) is 0 Å². The lowest BCUT2D eigenvalue weighted by atomic mass is 10.0. The first-order valence-corrected chi connectivity index (χ1v) is 9.54. The topological polar surface area (TPSA) is 17.8 Å². The predicted molar refractivity (Wildman–Crippen MR) is 115 cm³/mol. The molecule has 2 heteroatoms. The van der Waals surface area contributed by atoms with E-state index in [9.17, 15) is 0 Å². The first-order chi connectivity index (χ1) is 13.2. The third kappa shape index (κ3) is 2.44. The van der Waals surface area contributed by atoms with Crippen molar-refractivity contribution in [3.05, 3.63) is 78.0 Å². The van der Waals surface area contributed by atoms with E-state index in [4.69, 9.17) is 4.98 Å². The highest BCUT2D eigenvalue weighted by atomic mass is 15.0. The van der Waals surface area contributed by atoms with Crippen molar-refractivity contribution in [1.29, 1.82) is 0 Å². The molecule has 2 aromatic heterocycles. The monoisotopic (exact) mass is 350 g/mol. The van der Waals surface area contributed by atoms with E-state index in [0.29, 0.717) is 0 Å². The highest BCUT2D eigenvalue weighted by Crippen LogP contribution is 2.35. The molecule has 0 saturated heterocycles. The van der Waals surface area contributed by atoms with E-state index in [-0.39, 0.29) is 0 Å². The third-order valence-electron chi connectivity index (χ3n) is 5.52. The van der Waals surface area contributed by atoms with Crippen molar-refractivity contribution in [2.24, 2.45) is 0 Å². The van der Waals surface area contributed by atoms with Gasteiger partial charge in [-0.3, -0.25) is 4.98 Å². The Morgan fingerprint density at radius 3 is 2.44 bits per heavy atom. The predicted octanol–water partition coefficient (Wildman–Crippen LogP) is 6.65. The Labute approximate surface area is 159 Å². The average Bonchev–Trinajstić information content (AvgIpc) is 2.99. The van der Waals surface area contributed by atoms with E-state index in [2.05, 4.69) is 79.9 Å². The summed E-state index contributed by atoms with van der Waals surface area (Å²) in [6.07, 6.45) is 2.01. The first kappa shape index (κ1) is 16.1. The fourth-order valence-electron chi connectivity index (χ4n) is 4.36. The third-order valence-corrected chi connectivity index (χ3v) is 5.52. The van der Waals surface area contributed by atoms with Crippen LogP contribution in [0.25, 0.3) is 43.8 Å². The molecule has 0 amide bonds. The zero-order valence-electron chi connectivity index (χ0n) is 16.0. The molecule has 0 N–H and O–H groups in total. The van der Waals surface area contributed by atoms with Crippen LogP contribution in [0.3, 0.4) is 0 Å². The van der Waals surface area contributed by atoms with Crippen LogP contribution in [0, 0.1) is 13.8 Å². The molecular weight excluding hydrogens is 328 g/mol. The number of rotatable bonds is 2. The van der Waals surface area contributed by atoms with Gasteiger partial charge in [0, 0.05) is 40.0 Å². The lowest BCUT2D eigenvalue weighted by Gasteiger charge is -2.07. The summed E-state index contributed by atoms with van der Waals surface area (Å²) in [6.45, 7) is 7.59. The number of hydrogen-bond donors (Lipinski definition) is 0. The summed E-state index contributed by atoms with van der Waals surface area (Å²) in [7, 11) is 0. The molecular formula is C25H22N2. The molecule has 27 heavy (non-hydrogen) atoms. The van der Waals surface area contributed by atoms with Crippen LogP contribution < -0.4 is 0 Å². The van der Waals surface area contributed by atoms with Gasteiger partial charge in [0.05, 0.1) is 11.2 Å². The summed E-state index contributed by atoms with van der Waals surface area (Å²) in [5.41, 5.74) is 7.49. The SMILES string of the molecule is CCn1c2cc3cc(-c4ccccc4)ncc3cc2c2cc(C)cc(C)c21. The Balaban J connectivity index is 1.86. The molecule has 0 aliphatic carbocycles. The Morgan fingerprint density at radius 2 is 1.67 bits per heavy atom. The summed E-state index contributed by atoms with van der Waals surface area (Å²) in [6, 6.07) is 21.8. The summed E-state index contributed by atoms with van der Waals surface area (Å²) in [5, 5.41) is 5.10. The van der Waals surface area contributed by atoms with Crippen molar-refractivity contribution in [3.8, 4) is 11.3 Å². The second-order valence-corrected chi connectivity index (χ2v) is 7.37. The number of fused-ring (bicyclic) bond motifs is 4. The number of nitrogens with zero attached hydrogens (tertiary/aromatic N) is 2. The van der Waals surface area contributed by atoms with E-state index in [1.807, 2.05) is 12.3 Å². The van der Waals surface area contributed by atoms with Crippen molar-refractivity contribution in [2.45, 2.75) is 27.3 Å². The molecule has 0 radical (unpaired) electrons. The van der Waals surface area contributed by atoms with Gasteiger partial charge in [-0.15, -0.1) is 0 Å². The molecule has 0 aliphatic rings. The number of aromatic nitrogens is 2. The normalized spacial score (nSPS) is 11.7. The number of hydrogen-bond acceptors (Lipinski definition) is 1. The number of pyridine rings is 1. The van der Waals surface area contributed by atoms with E-state index in [1.54, 1.807) is 0 Å². The molecule has 5 rings (SSSR count). The van der Waals surface area contributed by atoms with Crippen molar-refractivity contribution in [3.63, 3.8) is 0 Å². The summed E-state index contributed by atoms with van der Waals surface area (Å²) < 4.78 is 2.45. The highest BCUT2D eigenvalue weighted by molar-refractivity contribution is 6.13. The van der Waals surface area contributed by atoms with Gasteiger partial charge in [-0.25, -0.2) is 0 Å². The maximum atomic E-state index is 4.72. The van der Waals surface area contributed by atoms with Gasteiger partial charge in [0.1, 0.15) is 0 Å². The molecule has 0 bridgehead atoms. The first-order valence-electron chi connectivity index (χ1n) is 9.54. The molecule has 5 aromatic rings. The van der Waals surface area contributed by atoms with Crippen molar-refractivity contribution < 1.29 is 0 Å². The maximum Gasteiger partial charge on any atom is 0.0708 e. The molecule has 0 saturated carbocycles. The van der Waals surface area contributed by atoms with Gasteiger partial charge < -0.3 is 4.57 Å². The summed E-state index contributed by atoms with van der Waals surface area (Å²) >= 11 is 0. The van der Waals surface area contributed by atoms with E-state index < -0.39 is 0 Å². The van der Waals surface area contributed by atoms with Gasteiger partial charge >= 0.3 is 0 Å². The van der Waals surface area contributed by atoms with Gasteiger partial charge in [-0.1, -0.05) is 42.0 Å². The Kier molecular flexibility index (Phi) is 3.54. The average molecular weight is 350 g/mol. The molecule has 2 heterocycles. The van der Waals surface area contributed by atoms with Crippen LogP contribution in [-0.4, -0.2) is 9.55 Å². The van der Waals surface area contributed by atoms with Crippen molar-refractivity contribution >= 4 is 32.6 Å². The number of aryl methyl sites for hydroxylation is 3. The lowest BCUT2D eigenvalue weighted by Crippen LogP contribution is -1.95. The van der Waals surface area contributed by atoms with E-state index in [0.717, 1.165) is 17.8 Å². The fraction of sp³-hybridized carbons (Fsp3) is 0.160. The minimum Gasteiger partial charge on any atom is -0.341 e. The summed E-state index contributed by atoms with van der Waals surface area (Å²) in [5.74, 6) is 0. The molecule has 0 aliphatic heterocycles. The highest BCUT2D eigenvalue weighted by Gasteiger charge is 2.14. The van der Waals surface area contributed by atoms with Crippen LogP contribution in [0.5, 0.6) is 0 Å². The minimum absolute atomic E-state index is 0.964. The van der Waals surface area contributed by atoms with Crippen LogP contribution in [-0.2, 0) is 6.54 Å². The fourth-order valence-corrected chi connectivity index (χ4v) is 4.36. The Hall–Kier alpha value is -3.13. The second-order valence-electron chi connectivity index (χ2n) is 7.37. The zero-order chi connectivity index (χ0) is 18.5. The Morgan fingerprint density at radius 1 is 0.852 bits per heavy atom. The zero-order valence-corrected chi connectivity index (χ0v) is 16.0. The quantitative estimate of drug-likeness (QED) is 0.349. The standard InChI is InChI=1S/C25H22N2/c1-4-27-24-14-19-13-23(18-8-6-5-7-9-18)26-15-20(19)12-21(24)22-11-16(2)10-17(3)25(22)27/h5-15H,4H2,1-3H3. The molecule has 0 unspecified atom stereocenters. The Bertz CT molecular complexity index is 1310. The molecule has 132 valence electrons. The van der Waals surface area contributed by atoms with Gasteiger partial charge in [0.15, 0.2) is 0 Å². The van der Waals surface area contributed by atoms with Crippen molar-refractivity contribution in [2.75, 3.05) is 0 Å². The molecule has 0 atom stereocenters. The minimum atomic E-state index is 0.964. The number of benzene rings is 3. The smallest absolute Gasteiger partial charge is 0.0708 e. The van der Waals surface area contributed by atoms with Gasteiger partial charge in [-0.05, 0) is 56.0 Å². The van der Waals surface area contributed by atoms with E-state index in [1.165, 1.54) is 43.7 Å². The molecule has 0 fully saturated rings. The van der Waals surface area contributed by atoms with Gasteiger partial charge in [0.25, 0.3) is 0 Å². The lowest BCUT2D eigenvalue weighted by molar-refractivity contribution is 0.825. The van der Waals surface area contributed by atoms with Crippen LogP contribution in [0.15, 0.2) is 66.9 Å². The maximum absolute atomic E-state index is 4.72. The van der Waals surface area contributed by atoms with Gasteiger partial charge in [0.2, 0.25) is 0 Å². The van der Waals surface area contributed by atoms with E-state index >= 15 is 0 Å². The molecule has 3 aromatic carbocycles. The molecule has 0 spiro atoms. The van der Waals surface area contributed by atoms with Crippen LogP contribution in [0.4, 0.5) is 0 Å². The second kappa shape index (κ2) is 5.95. The van der Waals surface area contributed by atoms with Crippen molar-refractivity contribution in [1.82, 2.24) is 9.55 Å². The van der Waals surface area contributed by atoms with Crippen LogP contribution >= 0.6 is 0 Å². The van der Waals surface area contributed by atoms with Crippen LogP contribution in [0.2, 0.25) is 0 Å². The van der Waals surface area contributed by atoms with Crippen LogP contribution in [0.1, 0.15) is 18.1 Å².